The smallest absolute Gasteiger partial charge is 0.268 e. The van der Waals surface area contributed by atoms with Gasteiger partial charge in [-0.3, -0.25) is 9.59 Å². The summed E-state index contributed by atoms with van der Waals surface area (Å²) in [7, 11) is 1.95. The molecule has 0 atom stereocenters. The van der Waals surface area contributed by atoms with Gasteiger partial charge in [0.15, 0.2) is 0 Å². The van der Waals surface area contributed by atoms with E-state index in [4.69, 9.17) is 0 Å². The number of ketones is 1. The van der Waals surface area contributed by atoms with E-state index in [0.29, 0.717) is 25.8 Å². The number of aryl methyl sites for hydroxylation is 1. The largest absolute Gasteiger partial charge is 0.373 e. The molecule has 0 saturated heterocycles. The Kier molecular flexibility index (Phi) is 6.25. The highest BCUT2D eigenvalue weighted by atomic mass is 16.1. The van der Waals surface area contributed by atoms with Crippen LogP contribution in [0.5, 0.6) is 0 Å². The van der Waals surface area contributed by atoms with Crippen LogP contribution in [0, 0.1) is 0 Å². The van der Waals surface area contributed by atoms with Gasteiger partial charge in [0, 0.05) is 39.0 Å². The Morgan fingerprint density at radius 1 is 1.42 bits per heavy atom. The molecule has 0 aliphatic carbocycles. The summed E-state index contributed by atoms with van der Waals surface area (Å²) in [5.74, 6) is 0.229. The van der Waals surface area contributed by atoms with Gasteiger partial charge >= 0.3 is 0 Å². The topological polar surface area (TPSA) is 55.2 Å². The van der Waals surface area contributed by atoms with Crippen LogP contribution in [0.25, 0.3) is 0 Å². The Balaban J connectivity index is 2.62. The number of hydrogen-bond acceptors (Lipinski definition) is 4. The number of hydrogen-bond donors (Lipinski definition) is 0. The fraction of sp³-hybridized carbons (Fsp3) is 0.643. The van der Waals surface area contributed by atoms with Gasteiger partial charge in [-0.2, -0.15) is 5.10 Å². The van der Waals surface area contributed by atoms with Crippen molar-refractivity contribution in [2.75, 3.05) is 18.5 Å². The van der Waals surface area contributed by atoms with Crippen molar-refractivity contribution in [3.05, 3.63) is 22.6 Å². The summed E-state index contributed by atoms with van der Waals surface area (Å²) in [6, 6.07) is 1.60. The lowest BCUT2D eigenvalue weighted by molar-refractivity contribution is -0.118. The molecule has 0 amide bonds. The lowest BCUT2D eigenvalue weighted by Gasteiger charge is -2.17. The SMILES string of the molecule is CCCN(C)c1cnn(CCCC(=O)CC)c(=O)c1. The Morgan fingerprint density at radius 3 is 2.74 bits per heavy atom. The number of carbonyl (C=O) groups excluding carboxylic acids is 1. The van der Waals surface area contributed by atoms with Crippen molar-refractivity contribution in [1.29, 1.82) is 0 Å². The van der Waals surface area contributed by atoms with E-state index in [1.165, 1.54) is 4.68 Å². The van der Waals surface area contributed by atoms with E-state index in [1.54, 1.807) is 12.3 Å². The van der Waals surface area contributed by atoms with E-state index < -0.39 is 0 Å². The van der Waals surface area contributed by atoms with Crippen molar-refractivity contribution >= 4 is 11.5 Å². The molecule has 1 heterocycles. The highest BCUT2D eigenvalue weighted by Crippen LogP contribution is 2.07. The monoisotopic (exact) mass is 265 g/mol. The van der Waals surface area contributed by atoms with Gasteiger partial charge in [0.1, 0.15) is 5.78 Å². The van der Waals surface area contributed by atoms with Crippen LogP contribution < -0.4 is 10.5 Å². The highest BCUT2D eigenvalue weighted by Gasteiger charge is 2.05. The Bertz CT molecular complexity index is 468. The molecule has 5 heteroatoms. The lowest BCUT2D eigenvalue weighted by atomic mass is 10.2. The predicted octanol–water partition coefficient (Wildman–Crippen LogP) is 1.85. The summed E-state index contributed by atoms with van der Waals surface area (Å²) in [6.45, 7) is 5.35. The first-order chi connectivity index (χ1) is 9.08. The maximum absolute atomic E-state index is 11.9. The molecule has 1 rings (SSSR count). The van der Waals surface area contributed by atoms with Gasteiger partial charge in [-0.25, -0.2) is 4.68 Å². The maximum Gasteiger partial charge on any atom is 0.268 e. The van der Waals surface area contributed by atoms with Gasteiger partial charge < -0.3 is 4.90 Å². The van der Waals surface area contributed by atoms with E-state index in [1.807, 2.05) is 18.9 Å². The second-order valence-corrected chi connectivity index (χ2v) is 4.69. The molecular weight excluding hydrogens is 242 g/mol. The molecule has 0 fully saturated rings. The van der Waals surface area contributed by atoms with Crippen LogP contribution in [0.15, 0.2) is 17.1 Å². The molecule has 19 heavy (non-hydrogen) atoms. The van der Waals surface area contributed by atoms with Crippen molar-refractivity contribution < 1.29 is 4.79 Å². The van der Waals surface area contributed by atoms with Crippen molar-refractivity contribution in [2.45, 2.75) is 46.1 Å². The predicted molar refractivity (Wildman–Crippen MR) is 76.6 cm³/mol. The molecule has 0 aliphatic rings. The first kappa shape index (κ1) is 15.4. The van der Waals surface area contributed by atoms with Crippen molar-refractivity contribution in [2.24, 2.45) is 0 Å². The number of nitrogens with zero attached hydrogens (tertiary/aromatic N) is 3. The Labute approximate surface area is 114 Å². The fourth-order valence-electron chi connectivity index (χ4n) is 1.87. The second kappa shape index (κ2) is 7.71. The van der Waals surface area contributed by atoms with Gasteiger partial charge in [0.2, 0.25) is 0 Å². The summed E-state index contributed by atoms with van der Waals surface area (Å²) < 4.78 is 1.42. The first-order valence-electron chi connectivity index (χ1n) is 6.88. The van der Waals surface area contributed by atoms with Gasteiger partial charge in [0.05, 0.1) is 11.9 Å². The highest BCUT2D eigenvalue weighted by molar-refractivity contribution is 5.77. The van der Waals surface area contributed by atoms with E-state index in [9.17, 15) is 9.59 Å². The van der Waals surface area contributed by atoms with Crippen LogP contribution in [-0.4, -0.2) is 29.2 Å². The average Bonchev–Trinajstić information content (AvgIpc) is 2.40. The first-order valence-corrected chi connectivity index (χ1v) is 6.88. The van der Waals surface area contributed by atoms with Crippen LogP contribution in [-0.2, 0) is 11.3 Å². The normalized spacial score (nSPS) is 10.5. The van der Waals surface area contributed by atoms with Crippen LogP contribution in [0.2, 0.25) is 0 Å². The van der Waals surface area contributed by atoms with Crippen molar-refractivity contribution in [1.82, 2.24) is 9.78 Å². The molecule has 5 nitrogen and oxygen atoms in total. The molecule has 0 aliphatic heterocycles. The number of rotatable bonds is 8. The van der Waals surface area contributed by atoms with Gasteiger partial charge in [-0.05, 0) is 12.8 Å². The third-order valence-corrected chi connectivity index (χ3v) is 3.07. The van der Waals surface area contributed by atoms with Crippen molar-refractivity contribution in [3.8, 4) is 0 Å². The lowest BCUT2D eigenvalue weighted by Crippen LogP contribution is -2.26. The van der Waals surface area contributed by atoms with E-state index in [2.05, 4.69) is 12.0 Å². The molecule has 106 valence electrons. The fourth-order valence-corrected chi connectivity index (χ4v) is 1.87. The number of aromatic nitrogens is 2. The van der Waals surface area contributed by atoms with Crippen LogP contribution in [0.1, 0.15) is 39.5 Å². The molecule has 0 bridgehead atoms. The van der Waals surface area contributed by atoms with E-state index in [-0.39, 0.29) is 11.3 Å². The zero-order chi connectivity index (χ0) is 14.3. The summed E-state index contributed by atoms with van der Waals surface area (Å²) in [4.78, 5) is 25.1. The second-order valence-electron chi connectivity index (χ2n) is 4.69. The minimum absolute atomic E-state index is 0.107. The molecule has 0 radical (unpaired) electrons. The molecule has 1 aromatic rings. The molecule has 1 aromatic heterocycles. The summed E-state index contributed by atoms with van der Waals surface area (Å²) in [6.07, 6.45) is 4.48. The quantitative estimate of drug-likeness (QED) is 0.720. The zero-order valence-electron chi connectivity index (χ0n) is 12.1. The van der Waals surface area contributed by atoms with Crippen LogP contribution in [0.3, 0.4) is 0 Å². The maximum atomic E-state index is 11.9. The summed E-state index contributed by atoms with van der Waals surface area (Å²) in [5.41, 5.74) is 0.733. The Hall–Kier alpha value is -1.65. The standard InChI is InChI=1S/C14H23N3O2/c1-4-8-16(3)12-10-14(19)17(15-11-12)9-6-7-13(18)5-2/h10-11H,4-9H2,1-3H3. The average molecular weight is 265 g/mol. The molecule has 0 spiro atoms. The minimum atomic E-state index is -0.107. The molecule has 0 N–H and O–H groups in total. The van der Waals surface area contributed by atoms with E-state index in [0.717, 1.165) is 18.7 Å². The molecule has 0 saturated carbocycles. The van der Waals surface area contributed by atoms with Gasteiger partial charge in [0.25, 0.3) is 5.56 Å². The summed E-state index contributed by atoms with van der Waals surface area (Å²) in [5, 5.41) is 4.16. The van der Waals surface area contributed by atoms with Crippen molar-refractivity contribution in [3.63, 3.8) is 0 Å². The Morgan fingerprint density at radius 2 is 2.16 bits per heavy atom. The number of Topliss-reactive ketones (excluding diaryl/α,β-unsaturated/α-hetero) is 1. The molecular formula is C14H23N3O2. The minimum Gasteiger partial charge on any atom is -0.373 e. The van der Waals surface area contributed by atoms with Crippen LogP contribution >= 0.6 is 0 Å². The van der Waals surface area contributed by atoms with E-state index >= 15 is 0 Å². The number of anilines is 1. The third-order valence-electron chi connectivity index (χ3n) is 3.07. The van der Waals surface area contributed by atoms with Gasteiger partial charge in [-0.15, -0.1) is 0 Å². The zero-order valence-corrected chi connectivity index (χ0v) is 12.1. The number of carbonyl (C=O) groups is 1. The molecule has 0 aromatic carbocycles. The summed E-state index contributed by atoms with van der Waals surface area (Å²) >= 11 is 0. The third kappa shape index (κ3) is 4.85. The van der Waals surface area contributed by atoms with Crippen LogP contribution in [0.4, 0.5) is 5.69 Å². The molecule has 0 unspecified atom stereocenters. The van der Waals surface area contributed by atoms with Gasteiger partial charge in [-0.1, -0.05) is 13.8 Å².